The molecule has 0 fully saturated rings. The first-order chi connectivity index (χ1) is 5.25. The van der Waals surface area contributed by atoms with Crippen LogP contribution in [0.25, 0.3) is 0 Å². The molecule has 0 aromatic carbocycles. The first-order valence-corrected chi connectivity index (χ1v) is 4.02. The quantitative estimate of drug-likeness (QED) is 0.608. The highest BCUT2D eigenvalue weighted by Gasteiger charge is 2.15. The largest absolute Gasteiger partial charge is 0.501 e. The zero-order valence-corrected chi connectivity index (χ0v) is 7.14. The molecule has 62 valence electrons. The highest BCUT2D eigenvalue weighted by atomic mass is 16.5. The van der Waals surface area contributed by atoms with Crippen LogP contribution in [0.5, 0.6) is 0 Å². The van der Waals surface area contributed by atoms with Gasteiger partial charge in [-0.3, -0.25) is 4.79 Å². The van der Waals surface area contributed by atoms with E-state index >= 15 is 0 Å². The van der Waals surface area contributed by atoms with Crippen molar-refractivity contribution in [3.63, 3.8) is 0 Å². The maximum Gasteiger partial charge on any atom is 0.159 e. The summed E-state index contributed by atoms with van der Waals surface area (Å²) in [5.41, 5.74) is 0.902. The maximum atomic E-state index is 11.0. The van der Waals surface area contributed by atoms with E-state index in [0.29, 0.717) is 0 Å². The maximum absolute atomic E-state index is 11.0. The summed E-state index contributed by atoms with van der Waals surface area (Å²) in [6, 6.07) is 0. The van der Waals surface area contributed by atoms with Crippen molar-refractivity contribution >= 4 is 5.78 Å². The molecule has 0 amide bonds. The van der Waals surface area contributed by atoms with Crippen LogP contribution in [-0.2, 0) is 9.53 Å². The second-order valence-electron chi connectivity index (χ2n) is 2.87. The zero-order valence-electron chi connectivity index (χ0n) is 7.14. The molecule has 0 saturated carbocycles. The van der Waals surface area contributed by atoms with Crippen molar-refractivity contribution in [1.29, 1.82) is 0 Å². The van der Waals surface area contributed by atoms with E-state index in [4.69, 9.17) is 4.74 Å². The Labute approximate surface area is 67.2 Å². The van der Waals surface area contributed by atoms with Crippen molar-refractivity contribution in [3.05, 3.63) is 11.3 Å². The molecule has 2 heteroatoms. The van der Waals surface area contributed by atoms with Crippen LogP contribution in [-0.4, -0.2) is 12.9 Å². The molecule has 0 spiro atoms. The number of Topliss-reactive ketones (excluding diaryl/α,β-unsaturated/α-hetero) is 1. The number of carbonyl (C=O) groups is 1. The fourth-order valence-corrected chi connectivity index (χ4v) is 1.48. The van der Waals surface area contributed by atoms with Gasteiger partial charge in [-0.05, 0) is 26.2 Å². The van der Waals surface area contributed by atoms with Crippen molar-refractivity contribution in [2.75, 3.05) is 7.11 Å². The van der Waals surface area contributed by atoms with Crippen LogP contribution >= 0.6 is 0 Å². The standard InChI is InChI=1S/C9H14O2/c1-7(10)8-5-3-4-6-9(8)11-2/h3-6H2,1-2H3. The molecule has 0 heterocycles. The summed E-state index contributed by atoms with van der Waals surface area (Å²) >= 11 is 0. The predicted octanol–water partition coefficient (Wildman–Crippen LogP) is 2.05. The summed E-state index contributed by atoms with van der Waals surface area (Å²) in [6.45, 7) is 1.61. The molecule has 1 rings (SSSR count). The normalized spacial score (nSPS) is 18.4. The van der Waals surface area contributed by atoms with E-state index in [0.717, 1.165) is 37.0 Å². The van der Waals surface area contributed by atoms with Gasteiger partial charge in [0.2, 0.25) is 0 Å². The van der Waals surface area contributed by atoms with Crippen molar-refractivity contribution < 1.29 is 9.53 Å². The average molecular weight is 154 g/mol. The van der Waals surface area contributed by atoms with E-state index < -0.39 is 0 Å². The van der Waals surface area contributed by atoms with Crippen molar-refractivity contribution in [1.82, 2.24) is 0 Å². The summed E-state index contributed by atoms with van der Waals surface area (Å²) < 4.78 is 5.12. The smallest absolute Gasteiger partial charge is 0.159 e. The molecule has 0 unspecified atom stereocenters. The fraction of sp³-hybridized carbons (Fsp3) is 0.667. The van der Waals surface area contributed by atoms with Crippen molar-refractivity contribution in [2.24, 2.45) is 0 Å². The second kappa shape index (κ2) is 3.56. The van der Waals surface area contributed by atoms with E-state index in [2.05, 4.69) is 0 Å². The molecule has 0 radical (unpaired) electrons. The molecule has 2 nitrogen and oxygen atoms in total. The minimum absolute atomic E-state index is 0.168. The SMILES string of the molecule is COC1=C(C(C)=O)CCCC1. The number of ketones is 1. The summed E-state index contributed by atoms with van der Waals surface area (Å²) in [4.78, 5) is 11.0. The van der Waals surface area contributed by atoms with E-state index in [1.54, 1.807) is 14.0 Å². The Bertz CT molecular complexity index is 192. The third-order valence-electron chi connectivity index (χ3n) is 2.09. The molecule has 0 atom stereocenters. The second-order valence-corrected chi connectivity index (χ2v) is 2.87. The highest BCUT2D eigenvalue weighted by Crippen LogP contribution is 2.25. The lowest BCUT2D eigenvalue weighted by molar-refractivity contribution is -0.114. The fourth-order valence-electron chi connectivity index (χ4n) is 1.48. The number of hydrogen-bond donors (Lipinski definition) is 0. The van der Waals surface area contributed by atoms with Crippen LogP contribution in [0, 0.1) is 0 Å². The number of rotatable bonds is 2. The number of methoxy groups -OCH3 is 1. The number of carbonyl (C=O) groups excluding carboxylic acids is 1. The Morgan fingerprint density at radius 3 is 2.45 bits per heavy atom. The van der Waals surface area contributed by atoms with Gasteiger partial charge in [0.25, 0.3) is 0 Å². The summed E-state index contributed by atoms with van der Waals surface area (Å²) in [7, 11) is 1.64. The lowest BCUT2D eigenvalue weighted by Crippen LogP contribution is -2.07. The summed E-state index contributed by atoms with van der Waals surface area (Å²) in [5, 5.41) is 0. The monoisotopic (exact) mass is 154 g/mol. The van der Waals surface area contributed by atoms with Crippen LogP contribution in [0.3, 0.4) is 0 Å². The number of allylic oxidation sites excluding steroid dienone is 2. The lowest BCUT2D eigenvalue weighted by Gasteiger charge is -2.16. The van der Waals surface area contributed by atoms with E-state index in [1.807, 2.05) is 0 Å². The van der Waals surface area contributed by atoms with Gasteiger partial charge in [-0.2, -0.15) is 0 Å². The molecular formula is C9H14O2. The Balaban J connectivity index is 2.81. The predicted molar refractivity (Wildman–Crippen MR) is 43.2 cm³/mol. The van der Waals surface area contributed by atoms with Crippen LogP contribution in [0.2, 0.25) is 0 Å². The Morgan fingerprint density at radius 2 is 2.00 bits per heavy atom. The molecule has 0 N–H and O–H groups in total. The Morgan fingerprint density at radius 1 is 1.36 bits per heavy atom. The molecule has 1 aliphatic carbocycles. The minimum atomic E-state index is 0.168. The highest BCUT2D eigenvalue weighted by molar-refractivity contribution is 5.93. The first kappa shape index (κ1) is 8.31. The molecule has 1 aliphatic rings. The van der Waals surface area contributed by atoms with E-state index in [9.17, 15) is 4.79 Å². The van der Waals surface area contributed by atoms with Gasteiger partial charge in [-0.25, -0.2) is 0 Å². The molecule has 0 aromatic rings. The molecule has 0 aromatic heterocycles. The van der Waals surface area contributed by atoms with Gasteiger partial charge >= 0.3 is 0 Å². The topological polar surface area (TPSA) is 26.3 Å². The molecule has 0 saturated heterocycles. The third kappa shape index (κ3) is 1.82. The van der Waals surface area contributed by atoms with Gasteiger partial charge in [0.15, 0.2) is 5.78 Å². The summed E-state index contributed by atoms with van der Waals surface area (Å²) in [5.74, 6) is 1.07. The van der Waals surface area contributed by atoms with Crippen LogP contribution in [0.1, 0.15) is 32.6 Å². The van der Waals surface area contributed by atoms with E-state index in [-0.39, 0.29) is 5.78 Å². The van der Waals surface area contributed by atoms with E-state index in [1.165, 1.54) is 0 Å². The molecule has 0 aliphatic heterocycles. The zero-order chi connectivity index (χ0) is 8.27. The van der Waals surface area contributed by atoms with Crippen LogP contribution in [0.15, 0.2) is 11.3 Å². The van der Waals surface area contributed by atoms with Gasteiger partial charge in [-0.15, -0.1) is 0 Å². The van der Waals surface area contributed by atoms with Gasteiger partial charge in [-0.1, -0.05) is 0 Å². The van der Waals surface area contributed by atoms with Crippen LogP contribution < -0.4 is 0 Å². The molecule has 11 heavy (non-hydrogen) atoms. The average Bonchev–Trinajstić information content (AvgIpc) is 2.04. The summed E-state index contributed by atoms with van der Waals surface area (Å²) in [6.07, 6.45) is 4.12. The minimum Gasteiger partial charge on any atom is -0.501 e. The van der Waals surface area contributed by atoms with Gasteiger partial charge in [0.05, 0.1) is 7.11 Å². The van der Waals surface area contributed by atoms with Crippen molar-refractivity contribution in [3.8, 4) is 0 Å². The first-order valence-electron chi connectivity index (χ1n) is 4.02. The lowest BCUT2D eigenvalue weighted by atomic mass is 9.95. The Kier molecular flexibility index (Phi) is 2.69. The number of ether oxygens (including phenoxy) is 1. The third-order valence-corrected chi connectivity index (χ3v) is 2.09. The molecule has 0 bridgehead atoms. The Hall–Kier alpha value is -0.790. The van der Waals surface area contributed by atoms with Gasteiger partial charge in [0, 0.05) is 12.0 Å². The molecular weight excluding hydrogens is 140 g/mol. The van der Waals surface area contributed by atoms with Crippen LogP contribution in [0.4, 0.5) is 0 Å². The van der Waals surface area contributed by atoms with Crippen molar-refractivity contribution in [2.45, 2.75) is 32.6 Å². The van der Waals surface area contributed by atoms with Gasteiger partial charge in [0.1, 0.15) is 5.76 Å². The van der Waals surface area contributed by atoms with Gasteiger partial charge < -0.3 is 4.74 Å². The number of hydrogen-bond acceptors (Lipinski definition) is 2.